The molecule has 2 aliphatic heterocycles. The van der Waals surface area contributed by atoms with Gasteiger partial charge in [-0.15, -0.1) is 0 Å². The van der Waals surface area contributed by atoms with Gasteiger partial charge in [-0.2, -0.15) is 11.8 Å². The van der Waals surface area contributed by atoms with Gasteiger partial charge in [0.25, 0.3) is 0 Å². The monoisotopic (exact) mass is 341 g/mol. The largest absolute Gasteiger partial charge is 0.476 e. The van der Waals surface area contributed by atoms with Crippen molar-refractivity contribution in [2.24, 2.45) is 5.92 Å². The van der Waals surface area contributed by atoms with Crippen LogP contribution in [-0.4, -0.2) is 54.3 Å². The standard InChI is InChI=1S/C13H15N3O4S2/c1-6(17)8-10(18)16-9(13(19)20)12(22-11(8)16)15-3-7(4-21-2)14-5-15/h3,5-6,8,11,17H,4H2,1-2H3,(H,19,20)/t6-,8+,11-/m1/s1. The molecule has 0 unspecified atom stereocenters. The molecule has 1 amide bonds. The van der Waals surface area contributed by atoms with Gasteiger partial charge >= 0.3 is 5.97 Å². The third kappa shape index (κ3) is 2.24. The summed E-state index contributed by atoms with van der Waals surface area (Å²) >= 11 is 2.90. The summed E-state index contributed by atoms with van der Waals surface area (Å²) in [4.78, 5) is 29.2. The van der Waals surface area contributed by atoms with E-state index in [9.17, 15) is 19.8 Å². The summed E-state index contributed by atoms with van der Waals surface area (Å²) in [6, 6.07) is 0. The number of amides is 1. The number of thioether (sulfide) groups is 2. The van der Waals surface area contributed by atoms with E-state index in [4.69, 9.17) is 0 Å². The molecule has 3 heterocycles. The van der Waals surface area contributed by atoms with Gasteiger partial charge in [0.15, 0.2) is 5.70 Å². The molecule has 9 heteroatoms. The summed E-state index contributed by atoms with van der Waals surface area (Å²) in [7, 11) is 0. The second kappa shape index (κ2) is 5.64. The number of carbonyl (C=O) groups is 2. The van der Waals surface area contributed by atoms with Crippen molar-refractivity contribution in [3.8, 4) is 0 Å². The first-order valence-electron chi connectivity index (χ1n) is 6.63. The van der Waals surface area contributed by atoms with Crippen molar-refractivity contribution < 1.29 is 19.8 Å². The lowest BCUT2D eigenvalue weighted by Gasteiger charge is -2.43. The lowest BCUT2D eigenvalue weighted by molar-refractivity contribution is -0.156. The number of aromatic nitrogens is 2. The van der Waals surface area contributed by atoms with Crippen LogP contribution in [0.15, 0.2) is 18.2 Å². The number of aliphatic hydroxyl groups is 1. The van der Waals surface area contributed by atoms with Gasteiger partial charge in [-0.05, 0) is 13.2 Å². The van der Waals surface area contributed by atoms with Crippen molar-refractivity contribution in [2.75, 3.05) is 6.26 Å². The number of rotatable bonds is 5. The molecule has 3 atom stereocenters. The molecule has 1 fully saturated rings. The first-order chi connectivity index (χ1) is 10.5. The minimum atomic E-state index is -1.15. The molecule has 1 saturated heterocycles. The zero-order chi connectivity index (χ0) is 16.0. The number of aliphatic hydroxyl groups excluding tert-OH is 1. The van der Waals surface area contributed by atoms with E-state index in [1.807, 2.05) is 6.26 Å². The Balaban J connectivity index is 1.96. The van der Waals surface area contributed by atoms with Gasteiger partial charge in [-0.1, -0.05) is 11.8 Å². The third-order valence-electron chi connectivity index (χ3n) is 3.65. The number of nitrogens with zero attached hydrogens (tertiary/aromatic N) is 3. The Labute approximate surface area is 135 Å². The van der Waals surface area contributed by atoms with E-state index in [1.54, 1.807) is 35.8 Å². The summed E-state index contributed by atoms with van der Waals surface area (Å²) in [5.41, 5.74) is 0.808. The number of aliphatic carboxylic acids is 1. The van der Waals surface area contributed by atoms with Crippen LogP contribution in [0.3, 0.4) is 0 Å². The maximum Gasteiger partial charge on any atom is 0.355 e. The molecule has 7 nitrogen and oxygen atoms in total. The molecule has 3 rings (SSSR count). The van der Waals surface area contributed by atoms with E-state index in [2.05, 4.69) is 4.98 Å². The van der Waals surface area contributed by atoms with Crippen molar-refractivity contribution in [2.45, 2.75) is 24.2 Å². The van der Waals surface area contributed by atoms with Crippen LogP contribution in [-0.2, 0) is 15.3 Å². The number of carboxylic acids is 1. The Morgan fingerprint density at radius 1 is 1.59 bits per heavy atom. The number of hydrogen-bond donors (Lipinski definition) is 2. The fourth-order valence-electron chi connectivity index (χ4n) is 2.64. The molecule has 0 aromatic carbocycles. The number of fused-ring (bicyclic) bond motifs is 1. The summed E-state index contributed by atoms with van der Waals surface area (Å²) in [6.45, 7) is 1.55. The Bertz CT molecular complexity index is 670. The Kier molecular flexibility index (Phi) is 3.96. The Hall–Kier alpha value is -1.45. The van der Waals surface area contributed by atoms with Crippen LogP contribution in [0.4, 0.5) is 0 Å². The van der Waals surface area contributed by atoms with Crippen molar-refractivity contribution in [1.82, 2.24) is 14.5 Å². The topological polar surface area (TPSA) is 95.7 Å². The highest BCUT2D eigenvalue weighted by Crippen LogP contribution is 2.51. The number of carboxylic acid groups (broad SMARTS) is 1. The van der Waals surface area contributed by atoms with E-state index in [0.29, 0.717) is 5.03 Å². The molecule has 0 saturated carbocycles. The van der Waals surface area contributed by atoms with Crippen molar-refractivity contribution >= 4 is 40.4 Å². The van der Waals surface area contributed by atoms with Crippen LogP contribution in [0, 0.1) is 5.92 Å². The Morgan fingerprint density at radius 3 is 2.91 bits per heavy atom. The SMILES string of the molecule is CSCc1cn(C2=C(C(=O)O)N3C(=O)[C@H]([C@@H](C)O)[C@H]3S2)cn1. The molecular formula is C13H15N3O4S2. The van der Waals surface area contributed by atoms with Crippen molar-refractivity contribution in [3.05, 3.63) is 23.9 Å². The third-order valence-corrected chi connectivity index (χ3v) is 5.60. The molecule has 118 valence electrons. The van der Waals surface area contributed by atoms with Gasteiger partial charge in [0.2, 0.25) is 5.91 Å². The van der Waals surface area contributed by atoms with E-state index in [-0.39, 0.29) is 17.0 Å². The van der Waals surface area contributed by atoms with Crippen molar-refractivity contribution in [3.63, 3.8) is 0 Å². The van der Waals surface area contributed by atoms with Crippen molar-refractivity contribution in [1.29, 1.82) is 0 Å². The average Bonchev–Trinajstić information content (AvgIpc) is 3.00. The number of β-lactam (4-membered cyclic amide) rings is 1. The number of carbonyl (C=O) groups excluding carboxylic acids is 1. The van der Waals surface area contributed by atoms with Gasteiger partial charge in [-0.3, -0.25) is 14.3 Å². The Morgan fingerprint density at radius 2 is 2.32 bits per heavy atom. The normalized spacial score (nSPS) is 25.2. The van der Waals surface area contributed by atoms with Gasteiger partial charge < -0.3 is 10.2 Å². The molecule has 22 heavy (non-hydrogen) atoms. The van der Waals surface area contributed by atoms with Crippen LogP contribution in [0.2, 0.25) is 0 Å². The lowest BCUT2D eigenvalue weighted by Crippen LogP contribution is -2.60. The first-order valence-corrected chi connectivity index (χ1v) is 8.90. The van der Waals surface area contributed by atoms with E-state index in [0.717, 1.165) is 11.4 Å². The molecule has 0 spiro atoms. The number of imidazole rings is 1. The van der Waals surface area contributed by atoms with Gasteiger partial charge in [0, 0.05) is 11.9 Å². The second-order valence-corrected chi connectivity index (χ2v) is 7.12. The summed E-state index contributed by atoms with van der Waals surface area (Å²) in [5, 5.41) is 19.3. The molecule has 0 radical (unpaired) electrons. The minimum absolute atomic E-state index is 0.0370. The molecule has 1 aromatic rings. The highest BCUT2D eigenvalue weighted by atomic mass is 32.2. The molecular weight excluding hydrogens is 326 g/mol. The predicted molar refractivity (Wildman–Crippen MR) is 83.7 cm³/mol. The van der Waals surface area contributed by atoms with Crippen LogP contribution in [0.25, 0.3) is 5.03 Å². The van der Waals surface area contributed by atoms with E-state index in [1.165, 1.54) is 16.7 Å². The van der Waals surface area contributed by atoms with E-state index >= 15 is 0 Å². The molecule has 2 N–H and O–H groups in total. The van der Waals surface area contributed by atoms with Crippen LogP contribution < -0.4 is 0 Å². The highest BCUT2D eigenvalue weighted by Gasteiger charge is 2.58. The van der Waals surface area contributed by atoms with E-state index < -0.39 is 18.0 Å². The van der Waals surface area contributed by atoms with Crippen LogP contribution in [0.5, 0.6) is 0 Å². The molecule has 0 aliphatic carbocycles. The fraction of sp³-hybridized carbons (Fsp3) is 0.462. The molecule has 0 bridgehead atoms. The quantitative estimate of drug-likeness (QED) is 0.767. The second-order valence-electron chi connectivity index (χ2n) is 5.15. The summed E-state index contributed by atoms with van der Waals surface area (Å²) in [6.07, 6.45) is 4.49. The van der Waals surface area contributed by atoms with Gasteiger partial charge in [-0.25, -0.2) is 9.78 Å². The summed E-state index contributed by atoms with van der Waals surface area (Å²) < 4.78 is 1.64. The predicted octanol–water partition coefficient (Wildman–Crippen LogP) is 0.869. The number of hydrogen-bond acceptors (Lipinski definition) is 6. The highest BCUT2D eigenvalue weighted by molar-refractivity contribution is 8.08. The lowest BCUT2D eigenvalue weighted by atomic mass is 9.92. The van der Waals surface area contributed by atoms with Crippen LogP contribution >= 0.6 is 23.5 Å². The maximum absolute atomic E-state index is 12.1. The maximum atomic E-state index is 12.1. The minimum Gasteiger partial charge on any atom is -0.476 e. The molecule has 2 aliphatic rings. The molecule has 1 aromatic heterocycles. The first kappa shape index (κ1) is 15.4. The van der Waals surface area contributed by atoms with Crippen LogP contribution in [0.1, 0.15) is 12.6 Å². The zero-order valence-electron chi connectivity index (χ0n) is 12.0. The van der Waals surface area contributed by atoms with Gasteiger partial charge in [0.05, 0.1) is 24.0 Å². The zero-order valence-corrected chi connectivity index (χ0v) is 13.6. The average molecular weight is 341 g/mol. The van der Waals surface area contributed by atoms with Gasteiger partial charge in [0.1, 0.15) is 10.4 Å². The summed E-state index contributed by atoms with van der Waals surface area (Å²) in [5.74, 6) is -1.33. The smallest absolute Gasteiger partial charge is 0.355 e. The fourth-order valence-corrected chi connectivity index (χ4v) is 4.64.